The van der Waals surface area contributed by atoms with Crippen LogP contribution in [0.1, 0.15) is 62.5 Å². The van der Waals surface area contributed by atoms with E-state index in [9.17, 15) is 18.0 Å². The molecule has 2 saturated heterocycles. The predicted molar refractivity (Wildman–Crippen MR) is 109 cm³/mol. The highest BCUT2D eigenvalue weighted by Gasteiger charge is 2.47. The monoisotopic (exact) mass is 418 g/mol. The molecule has 0 N–H and O–H groups in total. The summed E-state index contributed by atoms with van der Waals surface area (Å²) in [4.78, 5) is 27.2. The van der Waals surface area contributed by atoms with E-state index in [4.69, 9.17) is 0 Å². The summed E-state index contributed by atoms with van der Waals surface area (Å²) in [6, 6.07) is 5.29. The van der Waals surface area contributed by atoms with Crippen molar-refractivity contribution in [1.82, 2.24) is 9.21 Å². The van der Waals surface area contributed by atoms with E-state index in [0.717, 1.165) is 51.4 Å². The first-order valence-electron chi connectivity index (χ1n) is 10.8. The second kappa shape index (κ2) is 8.19. The third-order valence-electron chi connectivity index (χ3n) is 6.71. The molecule has 1 aromatic carbocycles. The molecule has 1 saturated carbocycles. The lowest BCUT2D eigenvalue weighted by atomic mass is 9.81. The molecule has 29 heavy (non-hydrogen) atoms. The molecule has 3 fully saturated rings. The van der Waals surface area contributed by atoms with Crippen LogP contribution in [0, 0.1) is 18.8 Å². The number of imide groups is 1. The van der Waals surface area contributed by atoms with Crippen molar-refractivity contribution < 1.29 is 18.0 Å². The zero-order chi connectivity index (χ0) is 20.6. The lowest BCUT2D eigenvalue weighted by molar-refractivity contribution is -0.140. The van der Waals surface area contributed by atoms with Gasteiger partial charge in [-0.25, -0.2) is 8.42 Å². The maximum Gasteiger partial charge on any atom is 0.243 e. The van der Waals surface area contributed by atoms with Crippen LogP contribution in [0.3, 0.4) is 0 Å². The smallest absolute Gasteiger partial charge is 0.243 e. The molecule has 0 radical (unpaired) electrons. The molecule has 2 amide bonds. The van der Waals surface area contributed by atoms with Gasteiger partial charge in [0.15, 0.2) is 0 Å². The zero-order valence-corrected chi connectivity index (χ0v) is 17.9. The summed E-state index contributed by atoms with van der Waals surface area (Å²) in [6.07, 6.45) is 7.46. The van der Waals surface area contributed by atoms with Crippen molar-refractivity contribution in [3.63, 3.8) is 0 Å². The van der Waals surface area contributed by atoms with Crippen molar-refractivity contribution in [1.29, 1.82) is 0 Å². The van der Waals surface area contributed by atoms with Crippen LogP contribution in [0.25, 0.3) is 0 Å². The number of hydrogen-bond acceptors (Lipinski definition) is 4. The average Bonchev–Trinajstić information content (AvgIpc) is 2.92. The highest BCUT2D eigenvalue weighted by Crippen LogP contribution is 2.38. The van der Waals surface area contributed by atoms with Gasteiger partial charge in [-0.3, -0.25) is 14.5 Å². The summed E-state index contributed by atoms with van der Waals surface area (Å²) in [5.41, 5.74) is 1.40. The minimum Gasteiger partial charge on any atom is -0.278 e. The van der Waals surface area contributed by atoms with Crippen LogP contribution in [0.4, 0.5) is 0 Å². The minimum absolute atomic E-state index is 0.0859. The summed E-state index contributed by atoms with van der Waals surface area (Å²) in [7, 11) is -3.58. The van der Waals surface area contributed by atoms with Crippen molar-refractivity contribution >= 4 is 21.8 Å². The Morgan fingerprint density at radius 3 is 2.07 bits per heavy atom. The molecular weight excluding hydrogens is 388 g/mol. The van der Waals surface area contributed by atoms with E-state index in [1.807, 2.05) is 6.07 Å². The van der Waals surface area contributed by atoms with Gasteiger partial charge in [0.2, 0.25) is 21.8 Å². The molecule has 0 unspecified atom stereocenters. The van der Waals surface area contributed by atoms with Gasteiger partial charge < -0.3 is 0 Å². The van der Waals surface area contributed by atoms with E-state index in [2.05, 4.69) is 0 Å². The summed E-state index contributed by atoms with van der Waals surface area (Å²) in [5.74, 6) is -0.529. The topological polar surface area (TPSA) is 74.8 Å². The molecule has 2 heterocycles. The number of nitrogens with zero attached hydrogens (tertiary/aromatic N) is 2. The molecule has 2 atom stereocenters. The number of carbonyl (C=O) groups is 2. The quantitative estimate of drug-likeness (QED) is 0.704. The van der Waals surface area contributed by atoms with Gasteiger partial charge in [0.1, 0.15) is 0 Å². The number of carbonyl (C=O) groups excluding carboxylic acids is 2. The number of hydrogen-bond donors (Lipinski definition) is 0. The lowest BCUT2D eigenvalue weighted by Crippen LogP contribution is -2.33. The van der Waals surface area contributed by atoms with Crippen LogP contribution in [0.5, 0.6) is 0 Å². The Hall–Kier alpha value is -1.73. The van der Waals surface area contributed by atoms with Gasteiger partial charge in [-0.05, 0) is 49.8 Å². The van der Waals surface area contributed by atoms with Crippen LogP contribution < -0.4 is 0 Å². The summed E-state index contributed by atoms with van der Waals surface area (Å²) in [6.45, 7) is 3.07. The summed E-state index contributed by atoms with van der Waals surface area (Å²) < 4.78 is 28.1. The SMILES string of the molecule is Cc1ccc(CN2C(=O)[C@@H]3CCCC[C@H]3C2=O)cc1S(=O)(=O)N1CCCCCC1. The average molecular weight is 419 g/mol. The first-order valence-corrected chi connectivity index (χ1v) is 12.3. The van der Waals surface area contributed by atoms with Crippen molar-refractivity contribution in [2.24, 2.45) is 11.8 Å². The standard InChI is InChI=1S/C22H30N2O4S/c1-16-10-11-17(14-20(16)29(27,28)23-12-6-2-3-7-13-23)15-24-21(25)18-8-4-5-9-19(18)22(24)26/h10-11,14,18-19H,2-9,12-13,15H2,1H3/t18-,19-/m1/s1. The second-order valence-electron chi connectivity index (χ2n) is 8.68. The van der Waals surface area contributed by atoms with Crippen LogP contribution in [0.15, 0.2) is 23.1 Å². The van der Waals surface area contributed by atoms with Gasteiger partial charge in [0, 0.05) is 13.1 Å². The van der Waals surface area contributed by atoms with Crippen LogP contribution in [-0.2, 0) is 26.2 Å². The minimum atomic E-state index is -3.58. The Bertz CT molecular complexity index is 879. The highest BCUT2D eigenvalue weighted by molar-refractivity contribution is 7.89. The van der Waals surface area contributed by atoms with Crippen molar-refractivity contribution in [3.8, 4) is 0 Å². The van der Waals surface area contributed by atoms with E-state index in [0.29, 0.717) is 29.1 Å². The van der Waals surface area contributed by atoms with Crippen LogP contribution in [0.2, 0.25) is 0 Å². The number of benzene rings is 1. The van der Waals surface area contributed by atoms with Gasteiger partial charge >= 0.3 is 0 Å². The number of aryl methyl sites for hydroxylation is 1. The molecule has 0 spiro atoms. The number of sulfonamides is 1. The fraction of sp³-hybridized carbons (Fsp3) is 0.636. The molecule has 4 rings (SSSR count). The predicted octanol–water partition coefficient (Wildman–Crippen LogP) is 3.23. The molecular formula is C22H30N2O4S. The first kappa shape index (κ1) is 20.5. The third-order valence-corrected chi connectivity index (χ3v) is 8.75. The van der Waals surface area contributed by atoms with Crippen molar-refractivity contribution in [2.45, 2.75) is 69.7 Å². The van der Waals surface area contributed by atoms with Crippen LogP contribution >= 0.6 is 0 Å². The molecule has 1 aliphatic carbocycles. The molecule has 1 aromatic rings. The molecule has 0 aromatic heterocycles. The zero-order valence-electron chi connectivity index (χ0n) is 17.1. The van der Waals surface area contributed by atoms with Crippen LogP contribution in [-0.4, -0.2) is 42.5 Å². The Morgan fingerprint density at radius 2 is 1.48 bits per heavy atom. The Labute approximate surface area is 173 Å². The Morgan fingerprint density at radius 1 is 0.897 bits per heavy atom. The van der Waals surface area contributed by atoms with Gasteiger partial charge in [-0.1, -0.05) is 37.8 Å². The van der Waals surface area contributed by atoms with E-state index in [-0.39, 0.29) is 30.2 Å². The highest BCUT2D eigenvalue weighted by atomic mass is 32.2. The van der Waals surface area contributed by atoms with Gasteiger partial charge in [0.25, 0.3) is 0 Å². The lowest BCUT2D eigenvalue weighted by Gasteiger charge is -2.22. The summed E-state index contributed by atoms with van der Waals surface area (Å²) in [5, 5.41) is 0. The maximum absolute atomic E-state index is 13.3. The number of amides is 2. The molecule has 2 aliphatic heterocycles. The fourth-order valence-corrected chi connectivity index (χ4v) is 6.80. The van der Waals surface area contributed by atoms with E-state index >= 15 is 0 Å². The fourth-order valence-electron chi connectivity index (χ4n) is 5.01. The van der Waals surface area contributed by atoms with E-state index < -0.39 is 10.0 Å². The third kappa shape index (κ3) is 3.87. The first-order chi connectivity index (χ1) is 13.9. The Balaban J connectivity index is 1.59. The van der Waals surface area contributed by atoms with Crippen molar-refractivity contribution in [3.05, 3.63) is 29.3 Å². The number of likely N-dealkylation sites (tertiary alicyclic amines) is 1. The normalized spacial score (nSPS) is 26.4. The molecule has 158 valence electrons. The van der Waals surface area contributed by atoms with Gasteiger partial charge in [-0.15, -0.1) is 0 Å². The van der Waals surface area contributed by atoms with Gasteiger partial charge in [0.05, 0.1) is 23.3 Å². The number of fused-ring (bicyclic) bond motifs is 1. The Kier molecular flexibility index (Phi) is 5.80. The largest absolute Gasteiger partial charge is 0.278 e. The second-order valence-corrected chi connectivity index (χ2v) is 10.6. The molecule has 0 bridgehead atoms. The summed E-state index contributed by atoms with van der Waals surface area (Å²) >= 11 is 0. The molecule has 7 heteroatoms. The molecule has 3 aliphatic rings. The molecule has 6 nitrogen and oxygen atoms in total. The number of rotatable bonds is 4. The maximum atomic E-state index is 13.3. The van der Waals surface area contributed by atoms with Crippen molar-refractivity contribution in [2.75, 3.05) is 13.1 Å². The van der Waals surface area contributed by atoms with Gasteiger partial charge in [-0.2, -0.15) is 4.31 Å². The van der Waals surface area contributed by atoms with E-state index in [1.54, 1.807) is 23.4 Å². The van der Waals surface area contributed by atoms with E-state index in [1.165, 1.54) is 4.90 Å².